The van der Waals surface area contributed by atoms with Crippen molar-refractivity contribution in [3.8, 4) is 5.75 Å². The molecule has 4 heteroatoms. The highest BCUT2D eigenvalue weighted by Gasteiger charge is 2.27. The van der Waals surface area contributed by atoms with Crippen molar-refractivity contribution in [3.63, 3.8) is 0 Å². The van der Waals surface area contributed by atoms with Crippen LogP contribution in [0, 0.1) is 0 Å². The number of rotatable bonds is 5. The number of hydrogen-bond donors (Lipinski definition) is 0. The molecule has 0 radical (unpaired) electrons. The summed E-state index contributed by atoms with van der Waals surface area (Å²) in [6.07, 6.45) is 0.318. The maximum Gasteiger partial charge on any atom is 0.168 e. The molecule has 0 aliphatic carbocycles. The lowest BCUT2D eigenvalue weighted by Gasteiger charge is -2.21. The predicted molar refractivity (Wildman–Crippen MR) is 70.5 cm³/mol. The van der Waals surface area contributed by atoms with Crippen LogP contribution in [0.25, 0.3) is 0 Å². The van der Waals surface area contributed by atoms with Gasteiger partial charge in [-0.3, -0.25) is 4.79 Å². The number of ketones is 1. The summed E-state index contributed by atoms with van der Waals surface area (Å²) in [5, 5.41) is 0. The zero-order valence-corrected chi connectivity index (χ0v) is 12.1. The van der Waals surface area contributed by atoms with E-state index in [0.29, 0.717) is 6.42 Å². The predicted octanol–water partition coefficient (Wildman–Crippen LogP) is 2.99. The van der Waals surface area contributed by atoms with Crippen LogP contribution in [0.4, 0.5) is 0 Å². The number of hydrogen-bond acceptors (Lipinski definition) is 3. The molecule has 0 saturated carbocycles. The molecule has 0 unspecified atom stereocenters. The van der Waals surface area contributed by atoms with Crippen LogP contribution in [-0.4, -0.2) is 25.6 Å². The van der Waals surface area contributed by atoms with Crippen molar-refractivity contribution in [2.45, 2.75) is 25.9 Å². The summed E-state index contributed by atoms with van der Waals surface area (Å²) in [7, 11) is 3.15. The monoisotopic (exact) mass is 300 g/mol. The summed E-state index contributed by atoms with van der Waals surface area (Å²) in [5.41, 5.74) is 0.141. The second-order valence-corrected chi connectivity index (χ2v) is 5.13. The SMILES string of the molecule is COc1ccc(Br)c(CC(=O)C(C)(C)OC)c1. The summed E-state index contributed by atoms with van der Waals surface area (Å²) in [5.74, 6) is 0.778. The van der Waals surface area contributed by atoms with Crippen LogP contribution in [0.3, 0.4) is 0 Å². The van der Waals surface area contributed by atoms with Gasteiger partial charge in [-0.2, -0.15) is 0 Å². The summed E-state index contributed by atoms with van der Waals surface area (Å²) in [6, 6.07) is 5.58. The summed E-state index contributed by atoms with van der Waals surface area (Å²) in [6.45, 7) is 3.53. The van der Waals surface area contributed by atoms with Crippen LogP contribution >= 0.6 is 15.9 Å². The van der Waals surface area contributed by atoms with Crippen LogP contribution in [0.5, 0.6) is 5.75 Å². The third kappa shape index (κ3) is 3.54. The van der Waals surface area contributed by atoms with E-state index in [1.165, 1.54) is 0 Å². The van der Waals surface area contributed by atoms with Gasteiger partial charge >= 0.3 is 0 Å². The van der Waals surface area contributed by atoms with E-state index in [1.54, 1.807) is 28.1 Å². The van der Waals surface area contributed by atoms with Gasteiger partial charge in [-0.25, -0.2) is 0 Å². The van der Waals surface area contributed by atoms with Gasteiger partial charge in [-0.05, 0) is 37.6 Å². The Labute approximate surface area is 110 Å². The third-order valence-electron chi connectivity index (χ3n) is 2.79. The van der Waals surface area contributed by atoms with E-state index in [9.17, 15) is 4.79 Å². The number of ether oxygens (including phenoxy) is 2. The van der Waals surface area contributed by atoms with E-state index in [2.05, 4.69) is 15.9 Å². The molecule has 0 saturated heterocycles. The Bertz CT molecular complexity index is 413. The molecule has 0 N–H and O–H groups in total. The number of carbonyl (C=O) groups is 1. The molecule has 0 aliphatic heterocycles. The number of methoxy groups -OCH3 is 2. The van der Waals surface area contributed by atoms with Crippen LogP contribution in [0.1, 0.15) is 19.4 Å². The molecule has 17 heavy (non-hydrogen) atoms. The number of Topliss-reactive ketones (excluding diaryl/α,β-unsaturated/α-hetero) is 1. The van der Waals surface area contributed by atoms with Crippen molar-refractivity contribution in [1.82, 2.24) is 0 Å². The minimum atomic E-state index is -0.761. The third-order valence-corrected chi connectivity index (χ3v) is 3.56. The first-order valence-corrected chi connectivity index (χ1v) is 6.11. The lowest BCUT2D eigenvalue weighted by molar-refractivity contribution is -0.136. The fourth-order valence-electron chi connectivity index (χ4n) is 1.31. The zero-order valence-electron chi connectivity index (χ0n) is 10.5. The van der Waals surface area contributed by atoms with E-state index in [0.717, 1.165) is 15.8 Å². The number of carbonyl (C=O) groups excluding carboxylic acids is 1. The largest absolute Gasteiger partial charge is 0.497 e. The molecule has 1 rings (SSSR count). The Balaban J connectivity index is 2.91. The van der Waals surface area contributed by atoms with Crippen molar-refractivity contribution < 1.29 is 14.3 Å². The second-order valence-electron chi connectivity index (χ2n) is 4.27. The first kappa shape index (κ1) is 14.2. The molecule has 0 fully saturated rings. The maximum atomic E-state index is 12.0. The summed E-state index contributed by atoms with van der Waals surface area (Å²) >= 11 is 3.43. The van der Waals surface area contributed by atoms with Gasteiger partial charge in [-0.1, -0.05) is 15.9 Å². The molecular formula is C13H17BrO3. The van der Waals surface area contributed by atoms with Gasteiger partial charge in [-0.15, -0.1) is 0 Å². The van der Waals surface area contributed by atoms with Gasteiger partial charge in [0.15, 0.2) is 5.78 Å². The Morgan fingerprint density at radius 1 is 1.35 bits per heavy atom. The van der Waals surface area contributed by atoms with Gasteiger partial charge < -0.3 is 9.47 Å². The lowest BCUT2D eigenvalue weighted by atomic mass is 9.97. The van der Waals surface area contributed by atoms with Crippen LogP contribution in [0.15, 0.2) is 22.7 Å². The maximum absolute atomic E-state index is 12.0. The normalized spacial score (nSPS) is 11.4. The molecule has 0 atom stereocenters. The Morgan fingerprint density at radius 3 is 2.53 bits per heavy atom. The van der Waals surface area contributed by atoms with E-state index in [1.807, 2.05) is 18.2 Å². The highest BCUT2D eigenvalue weighted by molar-refractivity contribution is 9.10. The molecule has 0 aromatic heterocycles. The van der Waals surface area contributed by atoms with E-state index in [-0.39, 0.29) is 5.78 Å². The first-order chi connectivity index (χ1) is 7.90. The van der Waals surface area contributed by atoms with Gasteiger partial charge in [0.2, 0.25) is 0 Å². The number of halogens is 1. The van der Waals surface area contributed by atoms with E-state index in [4.69, 9.17) is 9.47 Å². The fraction of sp³-hybridized carbons (Fsp3) is 0.462. The van der Waals surface area contributed by atoms with Gasteiger partial charge in [0.25, 0.3) is 0 Å². The molecule has 94 valence electrons. The Kier molecular flexibility index (Phi) is 4.71. The quantitative estimate of drug-likeness (QED) is 0.838. The molecule has 0 spiro atoms. The van der Waals surface area contributed by atoms with Crippen molar-refractivity contribution in [3.05, 3.63) is 28.2 Å². The van der Waals surface area contributed by atoms with E-state index < -0.39 is 5.60 Å². The van der Waals surface area contributed by atoms with Crippen molar-refractivity contribution in [2.24, 2.45) is 0 Å². The summed E-state index contributed by atoms with van der Waals surface area (Å²) < 4.78 is 11.2. The van der Waals surface area contributed by atoms with Crippen molar-refractivity contribution in [2.75, 3.05) is 14.2 Å². The highest BCUT2D eigenvalue weighted by atomic mass is 79.9. The van der Waals surface area contributed by atoms with Gasteiger partial charge in [0.05, 0.1) is 7.11 Å². The zero-order chi connectivity index (χ0) is 13.1. The molecule has 0 heterocycles. The van der Waals surface area contributed by atoms with Crippen LogP contribution in [-0.2, 0) is 16.0 Å². The van der Waals surface area contributed by atoms with Gasteiger partial charge in [0.1, 0.15) is 11.4 Å². The average molecular weight is 301 g/mol. The van der Waals surface area contributed by atoms with Crippen molar-refractivity contribution >= 4 is 21.7 Å². The molecule has 1 aromatic rings. The van der Waals surface area contributed by atoms with Crippen molar-refractivity contribution in [1.29, 1.82) is 0 Å². The average Bonchev–Trinajstić information content (AvgIpc) is 2.31. The lowest BCUT2D eigenvalue weighted by Crippen LogP contribution is -2.35. The highest BCUT2D eigenvalue weighted by Crippen LogP contribution is 2.24. The topological polar surface area (TPSA) is 35.5 Å². The fourth-order valence-corrected chi connectivity index (χ4v) is 1.70. The minimum absolute atomic E-state index is 0.0361. The smallest absolute Gasteiger partial charge is 0.168 e. The molecule has 1 aromatic carbocycles. The molecule has 3 nitrogen and oxygen atoms in total. The van der Waals surface area contributed by atoms with Crippen LogP contribution < -0.4 is 4.74 Å². The Morgan fingerprint density at radius 2 is 2.00 bits per heavy atom. The van der Waals surface area contributed by atoms with E-state index >= 15 is 0 Å². The standard InChI is InChI=1S/C13H17BrO3/c1-13(2,17-4)12(15)8-9-7-10(16-3)5-6-11(9)14/h5-7H,8H2,1-4H3. The molecular weight excluding hydrogens is 284 g/mol. The Hall–Kier alpha value is -0.870. The first-order valence-electron chi connectivity index (χ1n) is 5.31. The minimum Gasteiger partial charge on any atom is -0.497 e. The van der Waals surface area contributed by atoms with Crippen LogP contribution in [0.2, 0.25) is 0 Å². The second kappa shape index (κ2) is 5.65. The number of benzene rings is 1. The molecule has 0 bridgehead atoms. The molecule has 0 aliphatic rings. The van der Waals surface area contributed by atoms with Gasteiger partial charge in [0, 0.05) is 18.0 Å². The summed E-state index contributed by atoms with van der Waals surface area (Å²) in [4.78, 5) is 12.0. The molecule has 0 amide bonds.